The molecule has 2 bridgehead atoms. The number of fused-ring (bicyclic) bond motifs is 6. The van der Waals surface area contributed by atoms with Gasteiger partial charge in [0.1, 0.15) is 37.1 Å². The Labute approximate surface area is 245 Å². The van der Waals surface area contributed by atoms with Crippen LogP contribution in [0.15, 0.2) is 17.4 Å². The van der Waals surface area contributed by atoms with Gasteiger partial charge in [0.05, 0.1) is 19.5 Å². The fraction of sp³-hybridized carbons (Fsp3) is 0.474. The van der Waals surface area contributed by atoms with Crippen molar-refractivity contribution in [3.05, 3.63) is 28.8 Å². The smallest absolute Gasteiger partial charge is 0.382 e. The van der Waals surface area contributed by atoms with Crippen LogP contribution in [0.1, 0.15) is 12.1 Å². The minimum absolute atomic E-state index is 0.0310. The van der Waals surface area contributed by atoms with Crippen molar-refractivity contribution in [2.45, 2.75) is 37.7 Å². The van der Waals surface area contributed by atoms with Crippen LogP contribution in [0, 0.1) is 0 Å². The standard InChI is InChI=1S/C19H24N10O9P2S2/c1-33-12-8-4-35-39(31,41)34-3-2-28-9(25-10-14(20)22-6-23-15(10)28)5-36-40(32,42)38-13(12)18(37-8)29-7-24-11-16(29)26-19(21)27-17(11)30/h6-8,12-13,18H,2-5H2,1H3,(H,31,41)(H,32,42)(H2,20,22,23)(H3,21,26,27,30)/t8-,12-,13-,18-,39?,40?/m1/s1. The quantitative estimate of drug-likeness (QED) is 0.142. The lowest BCUT2D eigenvalue weighted by molar-refractivity contribution is -0.0500. The van der Waals surface area contributed by atoms with Crippen LogP contribution in [0.2, 0.25) is 0 Å². The number of nitrogens with one attached hydrogen (secondary N) is 1. The van der Waals surface area contributed by atoms with E-state index in [0.29, 0.717) is 5.65 Å². The molecule has 0 radical (unpaired) electrons. The van der Waals surface area contributed by atoms with Crippen LogP contribution in [0.3, 0.4) is 0 Å². The third kappa shape index (κ3) is 5.58. The van der Waals surface area contributed by atoms with E-state index in [4.69, 9.17) is 50.8 Å². The van der Waals surface area contributed by atoms with Gasteiger partial charge < -0.3 is 34.9 Å². The van der Waals surface area contributed by atoms with Crippen LogP contribution >= 0.6 is 25.8 Å². The van der Waals surface area contributed by atoms with E-state index in [1.54, 1.807) is 4.57 Å². The average molecular weight is 663 g/mol. The van der Waals surface area contributed by atoms with Gasteiger partial charge in [0.15, 0.2) is 34.4 Å². The Morgan fingerprint density at radius 3 is 2.79 bits per heavy atom. The molecule has 1 saturated heterocycles. The number of aromatic nitrogens is 8. The highest BCUT2D eigenvalue weighted by Gasteiger charge is 2.50. The molecule has 2 unspecified atom stereocenters. The van der Waals surface area contributed by atoms with E-state index in [1.165, 1.54) is 24.3 Å². The van der Waals surface area contributed by atoms with E-state index in [9.17, 15) is 14.3 Å². The van der Waals surface area contributed by atoms with Gasteiger partial charge in [-0.05, 0) is 11.8 Å². The van der Waals surface area contributed by atoms with Crippen molar-refractivity contribution in [3.63, 3.8) is 0 Å². The Morgan fingerprint density at radius 2 is 2.00 bits per heavy atom. The second kappa shape index (κ2) is 11.2. The second-order valence-electron chi connectivity index (χ2n) is 9.06. The van der Waals surface area contributed by atoms with Crippen molar-refractivity contribution in [3.8, 4) is 0 Å². The summed E-state index contributed by atoms with van der Waals surface area (Å²) in [6.07, 6.45) is -1.71. The first kappa shape index (κ1) is 29.5. The number of H-pyrrole nitrogens is 1. The van der Waals surface area contributed by atoms with Crippen molar-refractivity contribution in [1.29, 1.82) is 0 Å². The van der Waals surface area contributed by atoms with E-state index in [-0.39, 0.29) is 60.6 Å². The van der Waals surface area contributed by atoms with Gasteiger partial charge in [-0.15, -0.1) is 0 Å². The molecule has 6 atom stereocenters. The summed E-state index contributed by atoms with van der Waals surface area (Å²) >= 11 is 9.45. The largest absolute Gasteiger partial charge is 0.386 e. The molecule has 0 spiro atoms. The molecule has 0 aromatic carbocycles. The first-order chi connectivity index (χ1) is 20.0. The zero-order valence-corrected chi connectivity index (χ0v) is 25.0. The second-order valence-corrected chi connectivity index (χ2v) is 14.8. The third-order valence-electron chi connectivity index (χ3n) is 6.50. The fourth-order valence-electron chi connectivity index (χ4n) is 4.71. The molecular weight excluding hydrogens is 638 g/mol. The van der Waals surface area contributed by atoms with E-state index in [0.717, 1.165) is 0 Å². The highest BCUT2D eigenvalue weighted by atomic mass is 32.7. The van der Waals surface area contributed by atoms with Gasteiger partial charge in [-0.2, -0.15) is 4.98 Å². The van der Waals surface area contributed by atoms with Crippen LogP contribution in [-0.4, -0.2) is 82.6 Å². The summed E-state index contributed by atoms with van der Waals surface area (Å²) in [7, 11) is 1.37. The van der Waals surface area contributed by atoms with E-state index < -0.39 is 43.6 Å². The number of rotatable bonds is 2. The number of hydrogen-bond donors (Lipinski definition) is 5. The van der Waals surface area contributed by atoms with Gasteiger partial charge in [0, 0.05) is 13.7 Å². The molecule has 2 aliphatic heterocycles. The molecular formula is C19H24N10O9P2S2. The van der Waals surface area contributed by atoms with E-state index >= 15 is 0 Å². The molecule has 23 heteroatoms. The Morgan fingerprint density at radius 1 is 1.19 bits per heavy atom. The molecule has 4 aromatic heterocycles. The minimum atomic E-state index is -4.06. The lowest BCUT2D eigenvalue weighted by atomic mass is 10.1. The van der Waals surface area contributed by atoms with E-state index in [2.05, 4.69) is 42.2 Å². The van der Waals surface area contributed by atoms with Gasteiger partial charge in [0.2, 0.25) is 5.95 Å². The topological polar surface area (TPSA) is 252 Å². The van der Waals surface area contributed by atoms with E-state index in [1.807, 2.05) is 0 Å². The van der Waals surface area contributed by atoms with Crippen LogP contribution < -0.4 is 17.0 Å². The summed E-state index contributed by atoms with van der Waals surface area (Å²) in [5.74, 6) is 0.190. The first-order valence-corrected chi connectivity index (χ1v) is 17.4. The number of aromatic amines is 1. The SMILES string of the molecule is CO[C@H]1[C@H]2OP(O)(=S)OCc3nc4c(N)ncnc4n3CCOP(=O)(S)OC[C@H]1O[C@H]2n1cnc2c(=O)[nH]c(N)nc21. The van der Waals surface area contributed by atoms with Crippen LogP contribution in [0.25, 0.3) is 22.3 Å². The van der Waals surface area contributed by atoms with Crippen LogP contribution in [-0.2, 0) is 57.1 Å². The molecule has 4 aromatic rings. The lowest BCUT2D eigenvalue weighted by Gasteiger charge is -2.27. The van der Waals surface area contributed by atoms with Gasteiger partial charge in [-0.25, -0.2) is 24.5 Å². The highest BCUT2D eigenvalue weighted by Crippen LogP contribution is 2.55. The van der Waals surface area contributed by atoms with Gasteiger partial charge >= 0.3 is 13.5 Å². The first-order valence-electron chi connectivity index (χ1n) is 12.1. The van der Waals surface area contributed by atoms with Crippen molar-refractivity contribution >= 4 is 71.7 Å². The van der Waals surface area contributed by atoms with Crippen molar-refractivity contribution in [1.82, 2.24) is 39.0 Å². The number of anilines is 2. The molecule has 0 amide bonds. The average Bonchev–Trinajstić information content (AvgIpc) is 3.60. The molecule has 6 rings (SSSR count). The summed E-state index contributed by atoms with van der Waals surface area (Å²) in [5, 5.41) is 0. The number of hydrogen-bond acceptors (Lipinski definition) is 16. The van der Waals surface area contributed by atoms with Crippen molar-refractivity contribution in [2.75, 3.05) is 31.8 Å². The lowest BCUT2D eigenvalue weighted by Crippen LogP contribution is -2.37. The third-order valence-corrected chi connectivity index (χ3v) is 9.72. The summed E-state index contributed by atoms with van der Waals surface area (Å²) in [4.78, 5) is 46.8. The van der Waals surface area contributed by atoms with Gasteiger partial charge in [-0.1, -0.05) is 12.2 Å². The van der Waals surface area contributed by atoms with Crippen LogP contribution in [0.5, 0.6) is 0 Å². The number of ether oxygens (including phenoxy) is 2. The molecule has 0 aliphatic carbocycles. The Kier molecular flexibility index (Phi) is 7.86. The Balaban J connectivity index is 1.40. The highest BCUT2D eigenvalue weighted by molar-refractivity contribution is 8.44. The van der Waals surface area contributed by atoms with Gasteiger partial charge in [-0.3, -0.25) is 27.9 Å². The number of nitrogens with two attached hydrogens (primary N) is 2. The molecule has 6 N–H and O–H groups in total. The molecule has 1 fully saturated rings. The number of thiol groups is 1. The molecule has 42 heavy (non-hydrogen) atoms. The normalized spacial score (nSPS) is 31.1. The Bertz CT molecular complexity index is 1820. The van der Waals surface area contributed by atoms with Crippen molar-refractivity contribution in [2.24, 2.45) is 0 Å². The molecule has 226 valence electrons. The maximum atomic E-state index is 13.1. The summed E-state index contributed by atoms with van der Waals surface area (Å²) in [6.45, 7) is -8.71. The maximum Gasteiger partial charge on any atom is 0.386 e. The summed E-state index contributed by atoms with van der Waals surface area (Å²) in [5.41, 5.74) is 11.8. The van der Waals surface area contributed by atoms with Crippen LogP contribution in [0.4, 0.5) is 11.8 Å². The predicted octanol–water partition coefficient (Wildman–Crippen LogP) is 0.240. The number of nitrogen functional groups attached to an aromatic ring is 2. The zero-order chi connectivity index (χ0) is 29.8. The molecule has 6 heterocycles. The minimum Gasteiger partial charge on any atom is -0.382 e. The molecule has 0 saturated carbocycles. The fourth-order valence-corrected chi connectivity index (χ4v) is 7.21. The molecule has 19 nitrogen and oxygen atoms in total. The number of methoxy groups -OCH3 is 1. The van der Waals surface area contributed by atoms with Gasteiger partial charge in [0.25, 0.3) is 5.56 Å². The maximum absolute atomic E-state index is 13.1. The number of nitrogens with zero attached hydrogens (tertiary/aromatic N) is 7. The van der Waals surface area contributed by atoms with Crippen molar-refractivity contribution < 1.29 is 37.0 Å². The zero-order valence-electron chi connectivity index (χ0n) is 21.5. The summed E-state index contributed by atoms with van der Waals surface area (Å²) < 4.78 is 50.5. The summed E-state index contributed by atoms with van der Waals surface area (Å²) in [6, 6.07) is 0. The number of imidazole rings is 2. The predicted molar refractivity (Wildman–Crippen MR) is 152 cm³/mol. The Hall–Kier alpha value is -2.55. The monoisotopic (exact) mass is 662 g/mol. The molecule has 2 aliphatic rings.